The molecule has 1 heterocycles. The average molecular weight is 144 g/mol. The summed E-state index contributed by atoms with van der Waals surface area (Å²) in [6, 6.07) is 0. The maximum atomic E-state index is 10.7. The molecule has 4 heteroatoms. The van der Waals surface area contributed by atoms with Gasteiger partial charge in [-0.25, -0.2) is 4.79 Å². The highest BCUT2D eigenvalue weighted by molar-refractivity contribution is 5.68. The van der Waals surface area contributed by atoms with E-state index in [0.717, 1.165) is 13.1 Å². The van der Waals surface area contributed by atoms with E-state index in [4.69, 9.17) is 5.73 Å². The first-order chi connectivity index (χ1) is 4.77. The number of ether oxygens (including phenoxy) is 1. The quantitative estimate of drug-likeness (QED) is 0.547. The van der Waals surface area contributed by atoms with Crippen molar-refractivity contribution in [2.24, 2.45) is 11.7 Å². The van der Waals surface area contributed by atoms with Crippen molar-refractivity contribution in [3.05, 3.63) is 0 Å². The van der Waals surface area contributed by atoms with Crippen molar-refractivity contribution in [2.45, 2.75) is 0 Å². The van der Waals surface area contributed by atoms with E-state index in [1.165, 1.54) is 7.11 Å². The molecule has 1 saturated heterocycles. The summed E-state index contributed by atoms with van der Waals surface area (Å²) in [5, 5.41) is 0. The van der Waals surface area contributed by atoms with Crippen LogP contribution < -0.4 is 5.73 Å². The van der Waals surface area contributed by atoms with Crippen molar-refractivity contribution in [3.63, 3.8) is 0 Å². The number of carbonyl (C=O) groups is 1. The maximum absolute atomic E-state index is 10.7. The first kappa shape index (κ1) is 7.34. The Balaban J connectivity index is 2.19. The third kappa shape index (κ3) is 1.21. The molecule has 0 unspecified atom stereocenters. The van der Waals surface area contributed by atoms with Crippen LogP contribution >= 0.6 is 0 Å². The van der Waals surface area contributed by atoms with Crippen LogP contribution in [0.1, 0.15) is 0 Å². The fourth-order valence-corrected chi connectivity index (χ4v) is 0.997. The summed E-state index contributed by atoms with van der Waals surface area (Å²) in [6.07, 6.45) is -0.246. The summed E-state index contributed by atoms with van der Waals surface area (Å²) >= 11 is 0. The number of rotatable bonds is 1. The second-order valence-electron chi connectivity index (χ2n) is 2.48. The SMILES string of the molecule is COC(=O)N1CC(CN)C1. The van der Waals surface area contributed by atoms with E-state index in [2.05, 4.69) is 4.74 Å². The van der Waals surface area contributed by atoms with E-state index < -0.39 is 0 Å². The van der Waals surface area contributed by atoms with Gasteiger partial charge in [0.2, 0.25) is 0 Å². The van der Waals surface area contributed by atoms with Crippen LogP contribution in [0.5, 0.6) is 0 Å². The van der Waals surface area contributed by atoms with Gasteiger partial charge in [-0.05, 0) is 6.54 Å². The summed E-state index contributed by atoms with van der Waals surface area (Å²) < 4.78 is 4.49. The fourth-order valence-electron chi connectivity index (χ4n) is 0.997. The summed E-state index contributed by atoms with van der Waals surface area (Å²) in [5.41, 5.74) is 5.36. The van der Waals surface area contributed by atoms with Crippen LogP contribution in [0.4, 0.5) is 4.79 Å². The maximum Gasteiger partial charge on any atom is 0.409 e. The highest BCUT2D eigenvalue weighted by Crippen LogP contribution is 2.14. The lowest BCUT2D eigenvalue weighted by Gasteiger charge is -2.37. The zero-order valence-electron chi connectivity index (χ0n) is 6.04. The van der Waals surface area contributed by atoms with Gasteiger partial charge in [-0.15, -0.1) is 0 Å². The van der Waals surface area contributed by atoms with E-state index in [9.17, 15) is 4.79 Å². The molecule has 1 amide bonds. The number of nitrogens with zero attached hydrogens (tertiary/aromatic N) is 1. The molecule has 0 atom stereocenters. The largest absolute Gasteiger partial charge is 0.453 e. The predicted molar refractivity (Wildman–Crippen MR) is 36.5 cm³/mol. The monoisotopic (exact) mass is 144 g/mol. The Labute approximate surface area is 59.9 Å². The van der Waals surface area contributed by atoms with Crippen LogP contribution in [0.3, 0.4) is 0 Å². The predicted octanol–water partition coefficient (Wildman–Crippen LogP) is -0.357. The normalized spacial score (nSPS) is 18.4. The third-order valence-corrected chi connectivity index (χ3v) is 1.72. The molecular weight excluding hydrogens is 132 g/mol. The number of nitrogens with two attached hydrogens (primary N) is 1. The van der Waals surface area contributed by atoms with Crippen LogP contribution in [0.2, 0.25) is 0 Å². The van der Waals surface area contributed by atoms with Gasteiger partial charge in [-0.3, -0.25) is 0 Å². The molecule has 0 aliphatic carbocycles. The highest BCUT2D eigenvalue weighted by Gasteiger charge is 2.29. The van der Waals surface area contributed by atoms with Crippen molar-refractivity contribution in [1.82, 2.24) is 4.90 Å². The first-order valence-corrected chi connectivity index (χ1v) is 3.31. The lowest BCUT2D eigenvalue weighted by Crippen LogP contribution is -2.52. The van der Waals surface area contributed by atoms with Gasteiger partial charge >= 0.3 is 6.09 Å². The summed E-state index contributed by atoms with van der Waals surface area (Å²) in [7, 11) is 1.39. The third-order valence-electron chi connectivity index (χ3n) is 1.72. The number of methoxy groups -OCH3 is 1. The number of amides is 1. The van der Waals surface area contributed by atoms with Gasteiger partial charge in [0.1, 0.15) is 0 Å². The van der Waals surface area contributed by atoms with Crippen LogP contribution in [0, 0.1) is 5.92 Å². The molecule has 1 aliphatic rings. The fraction of sp³-hybridized carbons (Fsp3) is 0.833. The van der Waals surface area contributed by atoms with Gasteiger partial charge in [-0.1, -0.05) is 0 Å². The summed E-state index contributed by atoms with van der Waals surface area (Å²) in [4.78, 5) is 12.4. The second kappa shape index (κ2) is 2.88. The molecule has 0 bridgehead atoms. The molecule has 0 radical (unpaired) electrons. The highest BCUT2D eigenvalue weighted by atomic mass is 16.5. The Hall–Kier alpha value is -0.770. The minimum Gasteiger partial charge on any atom is -0.453 e. The molecule has 0 saturated carbocycles. The molecule has 58 valence electrons. The second-order valence-corrected chi connectivity index (χ2v) is 2.48. The van der Waals surface area contributed by atoms with E-state index in [1.54, 1.807) is 4.90 Å². The van der Waals surface area contributed by atoms with Crippen molar-refractivity contribution >= 4 is 6.09 Å². The van der Waals surface area contributed by atoms with Crippen molar-refractivity contribution in [3.8, 4) is 0 Å². The van der Waals surface area contributed by atoms with Gasteiger partial charge in [0.25, 0.3) is 0 Å². The average Bonchev–Trinajstić information content (AvgIpc) is 1.85. The molecule has 0 aromatic heterocycles. The smallest absolute Gasteiger partial charge is 0.409 e. The standard InChI is InChI=1S/C6H12N2O2/c1-10-6(9)8-3-5(2-7)4-8/h5H,2-4,7H2,1H3. The van der Waals surface area contributed by atoms with Gasteiger partial charge in [-0.2, -0.15) is 0 Å². The number of likely N-dealkylation sites (tertiary alicyclic amines) is 1. The molecule has 0 aromatic rings. The Morgan fingerprint density at radius 2 is 2.40 bits per heavy atom. The van der Waals surface area contributed by atoms with Crippen LogP contribution in [-0.2, 0) is 4.74 Å². The minimum atomic E-state index is -0.246. The molecule has 1 rings (SSSR count). The number of hydrogen-bond donors (Lipinski definition) is 1. The van der Waals surface area contributed by atoms with Crippen molar-refractivity contribution in [1.29, 1.82) is 0 Å². The lowest BCUT2D eigenvalue weighted by atomic mass is 10.0. The number of hydrogen-bond acceptors (Lipinski definition) is 3. The van der Waals surface area contributed by atoms with Crippen LogP contribution in [-0.4, -0.2) is 37.7 Å². The Bertz CT molecular complexity index is 132. The molecule has 4 nitrogen and oxygen atoms in total. The zero-order valence-corrected chi connectivity index (χ0v) is 6.04. The molecule has 1 aliphatic heterocycles. The lowest BCUT2D eigenvalue weighted by molar-refractivity contribution is 0.0704. The Morgan fingerprint density at radius 1 is 1.80 bits per heavy atom. The molecule has 0 aromatic carbocycles. The molecular formula is C6H12N2O2. The van der Waals surface area contributed by atoms with E-state index in [-0.39, 0.29) is 6.09 Å². The molecule has 0 spiro atoms. The van der Waals surface area contributed by atoms with Gasteiger partial charge < -0.3 is 15.4 Å². The van der Waals surface area contributed by atoms with Crippen molar-refractivity contribution < 1.29 is 9.53 Å². The van der Waals surface area contributed by atoms with E-state index in [1.807, 2.05) is 0 Å². The molecule has 1 fully saturated rings. The van der Waals surface area contributed by atoms with Crippen molar-refractivity contribution in [2.75, 3.05) is 26.7 Å². The number of carbonyl (C=O) groups excluding carboxylic acids is 1. The van der Waals surface area contributed by atoms with Crippen LogP contribution in [0.15, 0.2) is 0 Å². The summed E-state index contributed by atoms with van der Waals surface area (Å²) in [5.74, 6) is 0.485. The molecule has 2 N–H and O–H groups in total. The van der Waals surface area contributed by atoms with Crippen LogP contribution in [0.25, 0.3) is 0 Å². The Kier molecular flexibility index (Phi) is 2.11. The van der Waals surface area contributed by atoms with Gasteiger partial charge in [0, 0.05) is 19.0 Å². The summed E-state index contributed by atoms with van der Waals surface area (Å²) in [6.45, 7) is 2.17. The van der Waals surface area contributed by atoms with Gasteiger partial charge in [0.15, 0.2) is 0 Å². The van der Waals surface area contributed by atoms with E-state index in [0.29, 0.717) is 12.5 Å². The molecule has 10 heavy (non-hydrogen) atoms. The Morgan fingerprint density at radius 3 is 2.80 bits per heavy atom. The first-order valence-electron chi connectivity index (χ1n) is 3.31. The minimum absolute atomic E-state index is 0.246. The van der Waals surface area contributed by atoms with E-state index >= 15 is 0 Å². The zero-order chi connectivity index (χ0) is 7.56. The van der Waals surface area contributed by atoms with Gasteiger partial charge in [0.05, 0.1) is 7.11 Å². The topological polar surface area (TPSA) is 55.6 Å².